The molecule has 1 aromatic carbocycles. The molecule has 1 N–H and O–H groups in total. The third-order valence-corrected chi connectivity index (χ3v) is 5.38. The number of allylic oxidation sites excluding steroid dienone is 2. The molecule has 1 aromatic heterocycles. The SMILES string of the molecule is CC=C(CC)Oc1c(OCCCC)c(=O)n(CCCCCC)c2cc(NC(C)=O)ccc12. The van der Waals surface area contributed by atoms with Crippen molar-refractivity contribution in [2.45, 2.75) is 86.1 Å². The van der Waals surface area contributed by atoms with Gasteiger partial charge in [0.2, 0.25) is 11.7 Å². The molecule has 0 radical (unpaired) electrons. The fourth-order valence-corrected chi connectivity index (χ4v) is 3.61. The van der Waals surface area contributed by atoms with Crippen LogP contribution in [0.4, 0.5) is 5.69 Å². The Morgan fingerprint density at radius 1 is 1.06 bits per heavy atom. The van der Waals surface area contributed by atoms with Gasteiger partial charge >= 0.3 is 0 Å². The van der Waals surface area contributed by atoms with Crippen LogP contribution in [0.2, 0.25) is 0 Å². The predicted octanol–water partition coefficient (Wildman–Crippen LogP) is 6.41. The molecule has 0 saturated carbocycles. The number of pyridine rings is 1. The van der Waals surface area contributed by atoms with Crippen LogP contribution in [0.15, 0.2) is 34.8 Å². The van der Waals surface area contributed by atoms with Gasteiger partial charge in [-0.15, -0.1) is 0 Å². The summed E-state index contributed by atoms with van der Waals surface area (Å²) in [6, 6.07) is 5.58. The number of aromatic nitrogens is 1. The molecule has 1 amide bonds. The number of benzene rings is 1. The molecule has 0 bridgehead atoms. The summed E-state index contributed by atoms with van der Waals surface area (Å²) in [5, 5.41) is 3.62. The highest BCUT2D eigenvalue weighted by molar-refractivity contribution is 5.95. The number of hydrogen-bond acceptors (Lipinski definition) is 4. The number of hydrogen-bond donors (Lipinski definition) is 1. The zero-order chi connectivity index (χ0) is 23.5. The zero-order valence-corrected chi connectivity index (χ0v) is 20.3. The average molecular weight is 443 g/mol. The zero-order valence-electron chi connectivity index (χ0n) is 20.3. The van der Waals surface area contributed by atoms with E-state index in [9.17, 15) is 9.59 Å². The van der Waals surface area contributed by atoms with Gasteiger partial charge in [-0.3, -0.25) is 9.59 Å². The van der Waals surface area contributed by atoms with E-state index in [1.54, 1.807) is 4.57 Å². The Bertz CT molecular complexity index is 991. The minimum atomic E-state index is -0.188. The number of nitrogens with one attached hydrogen (secondary N) is 1. The first-order valence-electron chi connectivity index (χ1n) is 11.9. The molecule has 32 heavy (non-hydrogen) atoms. The Morgan fingerprint density at radius 2 is 1.81 bits per heavy atom. The summed E-state index contributed by atoms with van der Waals surface area (Å²) in [5.41, 5.74) is 1.20. The molecule has 2 rings (SSSR count). The summed E-state index contributed by atoms with van der Waals surface area (Å²) in [5.74, 6) is 1.34. The Labute approximate surface area is 191 Å². The van der Waals surface area contributed by atoms with Crippen molar-refractivity contribution < 1.29 is 14.3 Å². The van der Waals surface area contributed by atoms with E-state index in [0.29, 0.717) is 31.0 Å². The van der Waals surface area contributed by atoms with Crippen molar-refractivity contribution in [3.63, 3.8) is 0 Å². The van der Waals surface area contributed by atoms with Crippen molar-refractivity contribution in [1.29, 1.82) is 0 Å². The van der Waals surface area contributed by atoms with E-state index in [1.165, 1.54) is 6.92 Å². The van der Waals surface area contributed by atoms with Crippen molar-refractivity contribution in [2.75, 3.05) is 11.9 Å². The highest BCUT2D eigenvalue weighted by Crippen LogP contribution is 2.36. The van der Waals surface area contributed by atoms with Crippen LogP contribution < -0.4 is 20.3 Å². The second-order valence-electron chi connectivity index (χ2n) is 8.00. The van der Waals surface area contributed by atoms with Gasteiger partial charge in [0.05, 0.1) is 17.9 Å². The van der Waals surface area contributed by atoms with Crippen molar-refractivity contribution in [1.82, 2.24) is 4.57 Å². The summed E-state index contributed by atoms with van der Waals surface area (Å²) < 4.78 is 14.0. The molecule has 0 spiro atoms. The number of rotatable bonds is 13. The predicted molar refractivity (Wildman–Crippen MR) is 132 cm³/mol. The smallest absolute Gasteiger partial charge is 0.297 e. The number of nitrogens with zero attached hydrogens (tertiary/aromatic N) is 1. The minimum absolute atomic E-state index is 0.153. The van der Waals surface area contributed by atoms with Gasteiger partial charge in [-0.1, -0.05) is 46.5 Å². The highest BCUT2D eigenvalue weighted by atomic mass is 16.5. The number of aryl methyl sites for hydroxylation is 1. The molecule has 0 aliphatic rings. The van der Waals surface area contributed by atoms with Gasteiger partial charge in [-0.25, -0.2) is 0 Å². The fourth-order valence-electron chi connectivity index (χ4n) is 3.61. The maximum atomic E-state index is 13.6. The monoisotopic (exact) mass is 442 g/mol. The fraction of sp³-hybridized carbons (Fsp3) is 0.538. The van der Waals surface area contributed by atoms with Crippen LogP contribution in [-0.2, 0) is 11.3 Å². The van der Waals surface area contributed by atoms with Gasteiger partial charge in [0, 0.05) is 31.0 Å². The lowest BCUT2D eigenvalue weighted by Crippen LogP contribution is -2.24. The first-order chi connectivity index (χ1) is 15.5. The summed E-state index contributed by atoms with van der Waals surface area (Å²) >= 11 is 0. The second kappa shape index (κ2) is 12.9. The van der Waals surface area contributed by atoms with E-state index in [2.05, 4.69) is 19.2 Å². The quantitative estimate of drug-likeness (QED) is 0.287. The molecule has 6 nitrogen and oxygen atoms in total. The topological polar surface area (TPSA) is 69.6 Å². The molecule has 0 aliphatic heterocycles. The van der Waals surface area contributed by atoms with Gasteiger partial charge in [-0.05, 0) is 44.0 Å². The molecule has 0 atom stereocenters. The minimum Gasteiger partial charge on any atom is -0.485 e. The van der Waals surface area contributed by atoms with Crippen molar-refractivity contribution in [3.05, 3.63) is 40.4 Å². The first kappa shape index (κ1) is 25.5. The van der Waals surface area contributed by atoms with Gasteiger partial charge in [-0.2, -0.15) is 0 Å². The van der Waals surface area contributed by atoms with E-state index in [-0.39, 0.29) is 17.2 Å². The third kappa shape index (κ3) is 6.62. The maximum Gasteiger partial charge on any atom is 0.297 e. The number of anilines is 1. The number of carbonyl (C=O) groups is 1. The molecule has 2 aromatic rings. The molecular formula is C26H38N2O4. The van der Waals surface area contributed by atoms with Crippen LogP contribution in [0.5, 0.6) is 11.5 Å². The van der Waals surface area contributed by atoms with Crippen LogP contribution in [0.1, 0.15) is 79.6 Å². The van der Waals surface area contributed by atoms with Crippen LogP contribution in [0.3, 0.4) is 0 Å². The number of fused-ring (bicyclic) bond motifs is 1. The van der Waals surface area contributed by atoms with Crippen molar-refractivity contribution >= 4 is 22.5 Å². The van der Waals surface area contributed by atoms with E-state index in [1.807, 2.05) is 38.1 Å². The van der Waals surface area contributed by atoms with Gasteiger partial charge in [0.25, 0.3) is 5.56 Å². The molecule has 0 unspecified atom stereocenters. The number of ether oxygens (including phenoxy) is 2. The van der Waals surface area contributed by atoms with Gasteiger partial charge < -0.3 is 19.4 Å². The molecule has 176 valence electrons. The van der Waals surface area contributed by atoms with Crippen molar-refractivity contribution in [3.8, 4) is 11.5 Å². The van der Waals surface area contributed by atoms with Crippen LogP contribution in [-0.4, -0.2) is 17.1 Å². The lowest BCUT2D eigenvalue weighted by Gasteiger charge is -2.20. The number of carbonyl (C=O) groups excluding carboxylic acids is 1. The third-order valence-electron chi connectivity index (χ3n) is 5.38. The summed E-state index contributed by atoms with van der Waals surface area (Å²) in [4.78, 5) is 25.2. The molecule has 6 heteroatoms. The Morgan fingerprint density at radius 3 is 2.44 bits per heavy atom. The standard InChI is InChI=1S/C26H38N2O4/c1-6-10-12-13-16-28-23-18-20(27-19(5)29)14-15-22(23)24(32-21(8-3)9-4)25(26(28)30)31-17-11-7-2/h8,14-15,18H,6-7,9-13,16-17H2,1-5H3,(H,27,29). The van der Waals surface area contributed by atoms with Gasteiger partial charge in [0.15, 0.2) is 5.75 Å². The Hall–Kier alpha value is -2.76. The first-order valence-corrected chi connectivity index (χ1v) is 11.9. The van der Waals surface area contributed by atoms with Crippen LogP contribution in [0.25, 0.3) is 10.9 Å². The summed E-state index contributed by atoms with van der Waals surface area (Å²) in [6.07, 6.45) is 8.66. The molecule has 1 heterocycles. The molecule has 0 saturated heterocycles. The molecule has 0 aliphatic carbocycles. The molecule has 0 fully saturated rings. The lowest BCUT2D eigenvalue weighted by atomic mass is 10.1. The Kier molecular flexibility index (Phi) is 10.3. The summed E-state index contributed by atoms with van der Waals surface area (Å²) in [6.45, 7) is 10.7. The van der Waals surface area contributed by atoms with E-state index in [4.69, 9.17) is 9.47 Å². The van der Waals surface area contributed by atoms with E-state index < -0.39 is 0 Å². The highest BCUT2D eigenvalue weighted by Gasteiger charge is 2.21. The normalized spacial score (nSPS) is 11.6. The average Bonchev–Trinajstić information content (AvgIpc) is 2.77. The van der Waals surface area contributed by atoms with Crippen LogP contribution in [0, 0.1) is 0 Å². The number of unbranched alkanes of at least 4 members (excludes halogenated alkanes) is 4. The second-order valence-corrected chi connectivity index (χ2v) is 8.00. The van der Waals surface area contributed by atoms with Crippen LogP contribution >= 0.6 is 0 Å². The maximum absolute atomic E-state index is 13.6. The van der Waals surface area contributed by atoms with E-state index >= 15 is 0 Å². The van der Waals surface area contributed by atoms with Gasteiger partial charge in [0.1, 0.15) is 0 Å². The Balaban J connectivity index is 2.70. The summed E-state index contributed by atoms with van der Waals surface area (Å²) in [7, 11) is 0. The molecular weight excluding hydrogens is 404 g/mol. The number of amides is 1. The van der Waals surface area contributed by atoms with E-state index in [0.717, 1.165) is 55.2 Å². The largest absolute Gasteiger partial charge is 0.485 e. The lowest BCUT2D eigenvalue weighted by molar-refractivity contribution is -0.114. The van der Waals surface area contributed by atoms with Crippen molar-refractivity contribution in [2.24, 2.45) is 0 Å².